The molecule has 0 spiro atoms. The Morgan fingerprint density at radius 3 is 2.70 bits per heavy atom. The van der Waals surface area contributed by atoms with Crippen molar-refractivity contribution in [2.45, 2.75) is 19.9 Å². The van der Waals surface area contributed by atoms with E-state index in [1.165, 1.54) is 0 Å². The highest BCUT2D eigenvalue weighted by atomic mass is 35.5. The fourth-order valence-electron chi connectivity index (χ4n) is 2.97. The summed E-state index contributed by atoms with van der Waals surface area (Å²) >= 11 is 6.09. The molecule has 5 nitrogen and oxygen atoms in total. The SMILES string of the molecule is CCOc1ccc(N(CCC#N)C(=O)Cn2ccc3ccc(Cl)cc32)cc1. The number of carbonyl (C=O) groups excluding carboxylic acids is 1. The van der Waals surface area contributed by atoms with Crippen molar-refractivity contribution in [3.63, 3.8) is 0 Å². The van der Waals surface area contributed by atoms with Gasteiger partial charge in [0.1, 0.15) is 12.3 Å². The highest BCUT2D eigenvalue weighted by Crippen LogP contribution is 2.23. The number of benzene rings is 2. The second-order valence-corrected chi connectivity index (χ2v) is 6.46. The number of nitrogens with zero attached hydrogens (tertiary/aromatic N) is 3. The van der Waals surface area contributed by atoms with Crippen LogP contribution in [0, 0.1) is 11.3 Å². The van der Waals surface area contributed by atoms with Crippen molar-refractivity contribution in [1.29, 1.82) is 5.26 Å². The molecule has 27 heavy (non-hydrogen) atoms. The highest BCUT2D eigenvalue weighted by Gasteiger charge is 2.17. The number of hydrogen-bond donors (Lipinski definition) is 0. The van der Waals surface area contributed by atoms with Gasteiger partial charge in [-0.2, -0.15) is 5.26 Å². The first kappa shape index (κ1) is 18.8. The summed E-state index contributed by atoms with van der Waals surface area (Å²) in [5, 5.41) is 10.6. The Morgan fingerprint density at radius 2 is 2.00 bits per heavy atom. The Morgan fingerprint density at radius 1 is 1.22 bits per heavy atom. The van der Waals surface area contributed by atoms with E-state index in [2.05, 4.69) is 6.07 Å². The lowest BCUT2D eigenvalue weighted by molar-refractivity contribution is -0.119. The Balaban J connectivity index is 1.84. The van der Waals surface area contributed by atoms with Crippen LogP contribution < -0.4 is 9.64 Å². The normalized spacial score (nSPS) is 10.6. The van der Waals surface area contributed by atoms with Gasteiger partial charge in [0.25, 0.3) is 0 Å². The lowest BCUT2D eigenvalue weighted by atomic mass is 10.2. The van der Waals surface area contributed by atoms with Crippen LogP contribution in [0.1, 0.15) is 13.3 Å². The molecule has 1 amide bonds. The van der Waals surface area contributed by atoms with Gasteiger partial charge in [-0.15, -0.1) is 0 Å². The van der Waals surface area contributed by atoms with Gasteiger partial charge in [-0.3, -0.25) is 4.79 Å². The quantitative estimate of drug-likeness (QED) is 0.599. The Bertz CT molecular complexity index is 973. The van der Waals surface area contributed by atoms with Crippen LogP contribution in [-0.2, 0) is 11.3 Å². The summed E-state index contributed by atoms with van der Waals surface area (Å²) < 4.78 is 7.33. The van der Waals surface area contributed by atoms with E-state index in [0.29, 0.717) is 18.2 Å². The number of rotatable bonds is 7. The fraction of sp³-hybridized carbons (Fsp3) is 0.238. The summed E-state index contributed by atoms with van der Waals surface area (Å²) in [4.78, 5) is 14.6. The van der Waals surface area contributed by atoms with Crippen LogP contribution in [0.2, 0.25) is 5.02 Å². The summed E-state index contributed by atoms with van der Waals surface area (Å²) in [5.41, 5.74) is 1.65. The molecule has 0 radical (unpaired) electrons. The van der Waals surface area contributed by atoms with Gasteiger partial charge in [0, 0.05) is 29.0 Å². The van der Waals surface area contributed by atoms with Crippen molar-refractivity contribution >= 4 is 34.1 Å². The standard InChI is InChI=1S/C21H20ClN3O2/c1-2-27-19-8-6-18(7-9-19)25(12-3-11-23)21(26)15-24-13-10-16-4-5-17(22)14-20(16)24/h4-10,13-14H,2-3,12,15H2,1H3. The molecule has 1 aromatic heterocycles. The summed E-state index contributed by atoms with van der Waals surface area (Å²) in [7, 11) is 0. The first-order valence-electron chi connectivity index (χ1n) is 8.77. The van der Waals surface area contributed by atoms with Crippen LogP contribution in [0.15, 0.2) is 54.7 Å². The first-order valence-corrected chi connectivity index (χ1v) is 9.14. The molecule has 0 aliphatic carbocycles. The third kappa shape index (κ3) is 4.42. The van der Waals surface area contributed by atoms with Crippen LogP contribution in [0.5, 0.6) is 5.75 Å². The van der Waals surface area contributed by atoms with E-state index in [-0.39, 0.29) is 18.9 Å². The van der Waals surface area contributed by atoms with Gasteiger partial charge in [-0.1, -0.05) is 17.7 Å². The minimum Gasteiger partial charge on any atom is -0.494 e. The van der Waals surface area contributed by atoms with Crippen LogP contribution in [-0.4, -0.2) is 23.6 Å². The molecular formula is C21H20ClN3O2. The molecule has 3 rings (SSSR count). The molecule has 0 atom stereocenters. The molecule has 0 aliphatic rings. The Hall–Kier alpha value is -2.97. The zero-order chi connectivity index (χ0) is 19.2. The molecule has 0 bridgehead atoms. The Labute approximate surface area is 163 Å². The first-order chi connectivity index (χ1) is 13.1. The lowest BCUT2D eigenvalue weighted by Crippen LogP contribution is -2.34. The lowest BCUT2D eigenvalue weighted by Gasteiger charge is -2.22. The number of amides is 1. The van der Waals surface area contributed by atoms with Gasteiger partial charge in [0.05, 0.1) is 19.1 Å². The number of anilines is 1. The number of fused-ring (bicyclic) bond motifs is 1. The van der Waals surface area contributed by atoms with Crippen LogP contribution in [0.25, 0.3) is 10.9 Å². The van der Waals surface area contributed by atoms with E-state index in [4.69, 9.17) is 21.6 Å². The smallest absolute Gasteiger partial charge is 0.246 e. The maximum atomic E-state index is 13.0. The molecule has 3 aromatic rings. The third-order valence-corrected chi connectivity index (χ3v) is 4.48. The van der Waals surface area contributed by atoms with Crippen LogP contribution >= 0.6 is 11.6 Å². The zero-order valence-electron chi connectivity index (χ0n) is 15.1. The zero-order valence-corrected chi connectivity index (χ0v) is 15.8. The maximum absolute atomic E-state index is 13.0. The molecule has 0 saturated carbocycles. The second-order valence-electron chi connectivity index (χ2n) is 6.03. The molecule has 0 aliphatic heterocycles. The largest absolute Gasteiger partial charge is 0.494 e. The van der Waals surface area contributed by atoms with E-state index in [1.807, 2.05) is 66.2 Å². The minimum absolute atomic E-state index is 0.0908. The number of hydrogen-bond acceptors (Lipinski definition) is 3. The molecular weight excluding hydrogens is 362 g/mol. The van der Waals surface area contributed by atoms with Crippen LogP contribution in [0.3, 0.4) is 0 Å². The van der Waals surface area contributed by atoms with Crippen molar-refractivity contribution in [2.75, 3.05) is 18.1 Å². The highest BCUT2D eigenvalue weighted by molar-refractivity contribution is 6.31. The number of aromatic nitrogens is 1. The topological polar surface area (TPSA) is 58.3 Å². The molecule has 138 valence electrons. The molecule has 0 unspecified atom stereocenters. The van der Waals surface area contributed by atoms with Crippen molar-refractivity contribution in [3.05, 3.63) is 59.8 Å². The van der Waals surface area contributed by atoms with Gasteiger partial charge in [-0.25, -0.2) is 0 Å². The van der Waals surface area contributed by atoms with Crippen molar-refractivity contribution in [1.82, 2.24) is 4.57 Å². The van der Waals surface area contributed by atoms with Crippen molar-refractivity contribution in [2.24, 2.45) is 0 Å². The van der Waals surface area contributed by atoms with E-state index in [0.717, 1.165) is 22.3 Å². The fourth-order valence-corrected chi connectivity index (χ4v) is 3.14. The third-order valence-electron chi connectivity index (χ3n) is 4.25. The molecule has 0 saturated heterocycles. The van der Waals surface area contributed by atoms with Crippen molar-refractivity contribution < 1.29 is 9.53 Å². The summed E-state index contributed by atoms with van der Waals surface area (Å²) in [6.07, 6.45) is 2.14. The van der Waals surface area contributed by atoms with Crippen LogP contribution in [0.4, 0.5) is 5.69 Å². The predicted octanol–water partition coefficient (Wildman–Crippen LogP) is 4.64. The number of ether oxygens (including phenoxy) is 1. The van der Waals surface area contributed by atoms with Gasteiger partial charge in [-0.05, 0) is 54.8 Å². The molecule has 6 heteroatoms. The summed E-state index contributed by atoms with van der Waals surface area (Å²) in [6.45, 7) is 3.01. The summed E-state index contributed by atoms with van der Waals surface area (Å²) in [5.74, 6) is 0.659. The van der Waals surface area contributed by atoms with Gasteiger partial charge >= 0.3 is 0 Å². The van der Waals surface area contributed by atoms with Crippen molar-refractivity contribution in [3.8, 4) is 11.8 Å². The van der Waals surface area contributed by atoms with E-state index in [1.54, 1.807) is 4.90 Å². The van der Waals surface area contributed by atoms with Gasteiger partial charge in [0.15, 0.2) is 0 Å². The monoisotopic (exact) mass is 381 g/mol. The number of carbonyl (C=O) groups is 1. The van der Waals surface area contributed by atoms with E-state index in [9.17, 15) is 4.79 Å². The molecule has 0 N–H and O–H groups in total. The van der Waals surface area contributed by atoms with Gasteiger partial charge in [0.2, 0.25) is 5.91 Å². The van der Waals surface area contributed by atoms with E-state index < -0.39 is 0 Å². The van der Waals surface area contributed by atoms with E-state index >= 15 is 0 Å². The second kappa shape index (κ2) is 8.61. The number of halogens is 1. The summed E-state index contributed by atoms with van der Waals surface area (Å²) in [6, 6.07) is 17.0. The molecule has 0 fully saturated rings. The predicted molar refractivity (Wildman–Crippen MR) is 107 cm³/mol. The number of nitriles is 1. The molecule has 1 heterocycles. The van der Waals surface area contributed by atoms with Gasteiger partial charge < -0.3 is 14.2 Å². The average molecular weight is 382 g/mol. The Kier molecular flexibility index (Phi) is 6.00. The molecule has 2 aromatic carbocycles. The maximum Gasteiger partial charge on any atom is 0.246 e. The minimum atomic E-state index is -0.0908. The average Bonchev–Trinajstić information content (AvgIpc) is 3.05.